The number of hydrogen-bond acceptors (Lipinski definition) is 2. The predicted octanol–water partition coefficient (Wildman–Crippen LogP) is 6.08. The van der Waals surface area contributed by atoms with E-state index >= 15 is 0 Å². The minimum absolute atomic E-state index is 0.847. The van der Waals surface area contributed by atoms with Crippen molar-refractivity contribution < 1.29 is 0 Å². The van der Waals surface area contributed by atoms with Crippen molar-refractivity contribution >= 4 is 21.6 Å². The maximum absolute atomic E-state index is 4.21. The van der Waals surface area contributed by atoms with Gasteiger partial charge in [0.25, 0.3) is 0 Å². The third-order valence-electron chi connectivity index (χ3n) is 3.35. The molecule has 0 radical (unpaired) electrons. The van der Waals surface area contributed by atoms with Crippen LogP contribution in [0.5, 0.6) is 0 Å². The molecule has 1 heterocycles. The van der Waals surface area contributed by atoms with Crippen LogP contribution in [0.25, 0.3) is 0 Å². The van der Waals surface area contributed by atoms with Gasteiger partial charge in [-0.15, -0.1) is 0 Å². The van der Waals surface area contributed by atoms with Gasteiger partial charge in [0.1, 0.15) is 0 Å². The van der Waals surface area contributed by atoms with Gasteiger partial charge >= 0.3 is 0 Å². The molecule has 1 unspecified atom stereocenters. The first-order valence-corrected chi connectivity index (χ1v) is 9.51. The molecule has 0 aromatic carbocycles. The third kappa shape index (κ3) is 8.20. The van der Waals surface area contributed by atoms with E-state index in [0.29, 0.717) is 0 Å². The fourth-order valence-electron chi connectivity index (χ4n) is 2.20. The van der Waals surface area contributed by atoms with E-state index in [1.807, 2.05) is 0 Å². The minimum Gasteiger partial charge on any atom is -0.0999 e. The largest absolute Gasteiger partial charge is 0.0999 e. The zero-order chi connectivity index (χ0) is 12.5. The zero-order valence-electron chi connectivity index (χ0n) is 11.5. The highest BCUT2D eigenvalue weighted by molar-refractivity contribution is 8.77. The van der Waals surface area contributed by atoms with Crippen LogP contribution in [0.4, 0.5) is 0 Å². The van der Waals surface area contributed by atoms with E-state index in [2.05, 4.69) is 42.0 Å². The number of allylic oxidation sites excluding steroid dienone is 1. The lowest BCUT2D eigenvalue weighted by molar-refractivity contribution is 0.547. The highest BCUT2D eigenvalue weighted by Crippen LogP contribution is 2.40. The molecule has 0 aliphatic carbocycles. The molecule has 0 nitrogen and oxygen atoms in total. The summed E-state index contributed by atoms with van der Waals surface area (Å²) in [5.41, 5.74) is 1.49. The average molecular weight is 273 g/mol. The maximum Gasteiger partial charge on any atom is 0.0159 e. The Kier molecular flexibility index (Phi) is 8.55. The molecule has 2 heteroatoms. The van der Waals surface area contributed by atoms with Gasteiger partial charge in [-0.25, -0.2) is 0 Å². The molecule has 100 valence electrons. The monoisotopic (exact) mass is 272 g/mol. The van der Waals surface area contributed by atoms with Crippen LogP contribution in [0.15, 0.2) is 12.2 Å². The molecule has 1 fully saturated rings. The van der Waals surface area contributed by atoms with Gasteiger partial charge < -0.3 is 0 Å². The van der Waals surface area contributed by atoms with E-state index in [-0.39, 0.29) is 0 Å². The van der Waals surface area contributed by atoms with Crippen LogP contribution in [-0.4, -0.2) is 11.0 Å². The first kappa shape index (κ1) is 15.5. The first-order chi connectivity index (χ1) is 8.18. The van der Waals surface area contributed by atoms with Crippen LogP contribution in [0, 0.1) is 5.92 Å². The number of rotatable bonds is 9. The third-order valence-corrected chi connectivity index (χ3v) is 6.35. The molecule has 1 saturated heterocycles. The zero-order valence-corrected chi connectivity index (χ0v) is 13.2. The van der Waals surface area contributed by atoms with Crippen molar-refractivity contribution in [3.05, 3.63) is 12.2 Å². The lowest BCUT2D eigenvalue weighted by atomic mass is 9.99. The van der Waals surface area contributed by atoms with Crippen molar-refractivity contribution in [3.63, 3.8) is 0 Å². The Morgan fingerprint density at radius 1 is 1.24 bits per heavy atom. The topological polar surface area (TPSA) is 0 Å². The fourth-order valence-corrected chi connectivity index (χ4v) is 5.22. The Morgan fingerprint density at radius 2 is 2.00 bits per heavy atom. The molecule has 1 aliphatic heterocycles. The Hall–Kier alpha value is 0.440. The summed E-state index contributed by atoms with van der Waals surface area (Å²) in [6.45, 7) is 8.82. The minimum atomic E-state index is 0.847. The van der Waals surface area contributed by atoms with E-state index in [0.717, 1.165) is 11.2 Å². The molecule has 0 N–H and O–H groups in total. The number of unbranched alkanes of at least 4 members (excludes halogenated alkanes) is 1. The lowest BCUT2D eigenvalue weighted by Gasteiger charge is -2.09. The van der Waals surface area contributed by atoms with Crippen LogP contribution >= 0.6 is 21.6 Å². The van der Waals surface area contributed by atoms with Gasteiger partial charge in [-0.3, -0.25) is 0 Å². The molecular weight excluding hydrogens is 244 g/mol. The normalized spacial score (nSPS) is 20.1. The summed E-state index contributed by atoms with van der Waals surface area (Å²) in [6, 6.07) is 0. The van der Waals surface area contributed by atoms with Crippen LogP contribution in [0.2, 0.25) is 0 Å². The molecule has 1 aliphatic rings. The molecule has 1 atom stereocenters. The van der Waals surface area contributed by atoms with Crippen molar-refractivity contribution in [2.45, 2.75) is 70.5 Å². The van der Waals surface area contributed by atoms with E-state index < -0.39 is 0 Å². The van der Waals surface area contributed by atoms with Gasteiger partial charge in [0.05, 0.1) is 0 Å². The average Bonchev–Trinajstić information content (AvgIpc) is 2.76. The summed E-state index contributed by atoms with van der Waals surface area (Å²) in [7, 11) is 4.17. The molecule has 0 bridgehead atoms. The van der Waals surface area contributed by atoms with Crippen molar-refractivity contribution in [1.29, 1.82) is 0 Å². The van der Waals surface area contributed by atoms with Crippen molar-refractivity contribution in [1.82, 2.24) is 0 Å². The van der Waals surface area contributed by atoms with Crippen LogP contribution in [0.1, 0.15) is 65.2 Å². The molecule has 1 rings (SSSR count). The summed E-state index contributed by atoms with van der Waals surface area (Å²) in [5.74, 6) is 2.22. The quantitative estimate of drug-likeness (QED) is 0.283. The summed E-state index contributed by atoms with van der Waals surface area (Å²) in [4.78, 5) is 0. The van der Waals surface area contributed by atoms with Gasteiger partial charge in [0, 0.05) is 11.0 Å². The van der Waals surface area contributed by atoms with E-state index in [1.54, 1.807) is 0 Å². The summed E-state index contributed by atoms with van der Waals surface area (Å²) >= 11 is 0. The van der Waals surface area contributed by atoms with Crippen molar-refractivity contribution in [2.24, 2.45) is 5.92 Å². The maximum atomic E-state index is 4.21. The SMILES string of the molecule is C=C(CCCCC1CCSS1)CCCC(C)C. The molecule has 0 amide bonds. The van der Waals surface area contributed by atoms with E-state index in [4.69, 9.17) is 0 Å². The second-order valence-corrected chi connectivity index (χ2v) is 8.40. The standard InChI is InChI=1S/C15H28S2/c1-13(2)7-6-9-14(3)8-4-5-10-15-11-12-16-17-15/h13,15H,3-12H2,1-2H3. The van der Waals surface area contributed by atoms with Gasteiger partial charge in [0.2, 0.25) is 0 Å². The molecule has 0 aromatic heterocycles. The second kappa shape index (κ2) is 9.38. The summed E-state index contributed by atoms with van der Waals surface area (Å²) in [5, 5.41) is 0.953. The molecule has 0 aromatic rings. The van der Waals surface area contributed by atoms with Crippen molar-refractivity contribution in [2.75, 3.05) is 5.75 Å². The predicted molar refractivity (Wildman–Crippen MR) is 84.8 cm³/mol. The molecular formula is C15H28S2. The lowest BCUT2D eigenvalue weighted by Crippen LogP contribution is -1.97. The molecule has 0 spiro atoms. The Bertz CT molecular complexity index is 205. The van der Waals surface area contributed by atoms with Gasteiger partial charge in [-0.1, -0.05) is 60.4 Å². The van der Waals surface area contributed by atoms with Crippen LogP contribution in [0.3, 0.4) is 0 Å². The summed E-state index contributed by atoms with van der Waals surface area (Å²) in [6.07, 6.45) is 10.8. The van der Waals surface area contributed by atoms with Gasteiger partial charge in [0.15, 0.2) is 0 Å². The van der Waals surface area contributed by atoms with Gasteiger partial charge in [-0.05, 0) is 44.4 Å². The number of hydrogen-bond donors (Lipinski definition) is 0. The Balaban J connectivity index is 1.89. The van der Waals surface area contributed by atoms with Crippen molar-refractivity contribution in [3.8, 4) is 0 Å². The van der Waals surface area contributed by atoms with E-state index in [1.165, 1.54) is 62.7 Å². The highest BCUT2D eigenvalue weighted by Gasteiger charge is 2.15. The summed E-state index contributed by atoms with van der Waals surface area (Å²) < 4.78 is 0. The fraction of sp³-hybridized carbons (Fsp3) is 0.867. The Labute approximate surface area is 116 Å². The first-order valence-electron chi connectivity index (χ1n) is 7.13. The van der Waals surface area contributed by atoms with Crippen LogP contribution < -0.4 is 0 Å². The second-order valence-electron chi connectivity index (χ2n) is 5.61. The highest BCUT2D eigenvalue weighted by atomic mass is 33.1. The van der Waals surface area contributed by atoms with E-state index in [9.17, 15) is 0 Å². The molecule has 17 heavy (non-hydrogen) atoms. The Morgan fingerprint density at radius 3 is 2.65 bits per heavy atom. The smallest absolute Gasteiger partial charge is 0.0159 e. The van der Waals surface area contributed by atoms with Crippen LogP contribution in [-0.2, 0) is 0 Å². The van der Waals surface area contributed by atoms with Gasteiger partial charge in [-0.2, -0.15) is 0 Å². The molecule has 0 saturated carbocycles.